The Labute approximate surface area is 222 Å². The lowest BCUT2D eigenvalue weighted by molar-refractivity contribution is -0.184. The molecular weight excluding hydrogens is 490 g/mol. The molecule has 38 heavy (non-hydrogen) atoms. The Morgan fingerprint density at radius 3 is 2.45 bits per heavy atom. The molecule has 6 atom stereocenters. The van der Waals surface area contributed by atoms with E-state index in [0.717, 1.165) is 17.7 Å². The third-order valence-corrected chi connectivity index (χ3v) is 8.51. The van der Waals surface area contributed by atoms with Crippen LogP contribution in [0.5, 0.6) is 5.75 Å². The number of aliphatic hydroxyl groups is 3. The predicted molar refractivity (Wildman–Crippen MR) is 140 cm³/mol. The second kappa shape index (κ2) is 10.1. The van der Waals surface area contributed by atoms with E-state index in [0.29, 0.717) is 30.9 Å². The first kappa shape index (κ1) is 28.2. The summed E-state index contributed by atoms with van der Waals surface area (Å²) in [6.45, 7) is 7.19. The van der Waals surface area contributed by atoms with E-state index in [1.165, 1.54) is 0 Å². The molecule has 0 saturated heterocycles. The summed E-state index contributed by atoms with van der Waals surface area (Å²) < 4.78 is 0. The molecule has 3 aliphatic rings. The van der Waals surface area contributed by atoms with E-state index in [4.69, 9.17) is 5.73 Å². The molecule has 3 aliphatic carbocycles. The summed E-state index contributed by atoms with van der Waals surface area (Å²) in [6.07, 6.45) is -0.444. The number of aromatic hydroxyl groups is 1. The number of ketones is 2. The molecule has 1 aromatic rings. The summed E-state index contributed by atoms with van der Waals surface area (Å²) in [4.78, 5) is 41.1. The monoisotopic (exact) mass is 529 g/mol. The molecule has 2 fully saturated rings. The fourth-order valence-electron chi connectivity index (χ4n) is 6.76. The van der Waals surface area contributed by atoms with Crippen LogP contribution in [0.4, 0.5) is 0 Å². The van der Waals surface area contributed by atoms with Gasteiger partial charge < -0.3 is 36.4 Å². The van der Waals surface area contributed by atoms with Gasteiger partial charge >= 0.3 is 0 Å². The molecule has 0 bridgehead atoms. The molecule has 0 aliphatic heterocycles. The van der Waals surface area contributed by atoms with Crippen LogP contribution in [-0.2, 0) is 33.8 Å². The van der Waals surface area contributed by atoms with Crippen LogP contribution in [0.25, 0.3) is 5.76 Å². The highest BCUT2D eigenvalue weighted by molar-refractivity contribution is 6.25. The zero-order valence-electron chi connectivity index (χ0n) is 22.6. The van der Waals surface area contributed by atoms with E-state index in [1.807, 2.05) is 13.0 Å². The molecule has 0 radical (unpaired) electrons. The molecular formula is C28H39N3O7. The molecule has 10 heteroatoms. The van der Waals surface area contributed by atoms with Crippen LogP contribution in [0.2, 0.25) is 0 Å². The largest absolute Gasteiger partial charge is 0.507 e. The van der Waals surface area contributed by atoms with Crippen molar-refractivity contribution in [2.45, 2.75) is 64.3 Å². The van der Waals surface area contributed by atoms with Gasteiger partial charge in [0.1, 0.15) is 17.4 Å². The summed E-state index contributed by atoms with van der Waals surface area (Å²) in [5, 5.41) is 48.6. The average Bonchev–Trinajstić information content (AvgIpc) is 2.82. The SMILES string of the molecule is CCc1cc(CNCC(C)C)c(O)c2c1C[C@@H]1C[C@@H]3[C@@H](N(C)C)C(O)C(C(N)=O)C(=O)[C@]3(O)C(=O)C1=C2O. The van der Waals surface area contributed by atoms with Crippen LogP contribution in [0.1, 0.15) is 49.4 Å². The van der Waals surface area contributed by atoms with Crippen molar-refractivity contribution in [3.05, 3.63) is 33.9 Å². The van der Waals surface area contributed by atoms with Crippen molar-refractivity contribution in [3.63, 3.8) is 0 Å². The standard InChI is InChI=1S/C28H39N3O7/c1-6-13-7-15(11-30-10-12(2)3)22(32)19-16(13)8-14-9-17-21(31(4)5)24(34)20(27(29)37)26(36)28(17,38)25(35)18(14)23(19)33/h7,12,14,17,20-21,24,30,32-34,38H,6,8-11H2,1-5H3,(H2,29,37)/t14-,17-,20?,21-,24?,28-/m1/s1. The number of amides is 1. The topological polar surface area (TPSA) is 173 Å². The maximum atomic E-state index is 14.0. The van der Waals surface area contributed by atoms with Crippen molar-refractivity contribution in [2.24, 2.45) is 29.4 Å². The van der Waals surface area contributed by atoms with Crippen molar-refractivity contribution >= 4 is 23.2 Å². The lowest BCUT2D eigenvalue weighted by Gasteiger charge is -2.53. The highest BCUT2D eigenvalue weighted by atomic mass is 16.3. The minimum absolute atomic E-state index is 0.111. The molecule has 1 amide bonds. The number of likely N-dealkylation sites (N-methyl/N-ethyl adjacent to an activating group) is 1. The number of hydrogen-bond donors (Lipinski definition) is 6. The first-order valence-corrected chi connectivity index (χ1v) is 13.2. The van der Waals surface area contributed by atoms with Crippen LogP contribution < -0.4 is 11.1 Å². The third kappa shape index (κ3) is 4.14. The van der Waals surface area contributed by atoms with E-state index in [2.05, 4.69) is 19.2 Å². The second-order valence-corrected chi connectivity index (χ2v) is 11.6. The Hall–Kier alpha value is -2.79. The van der Waals surface area contributed by atoms with Gasteiger partial charge in [-0.1, -0.05) is 26.8 Å². The highest BCUT2D eigenvalue weighted by Gasteiger charge is 2.67. The number of nitrogens with two attached hydrogens (primary N) is 1. The number of phenolic OH excluding ortho intramolecular Hbond substituents is 1. The van der Waals surface area contributed by atoms with Gasteiger partial charge in [0.05, 0.1) is 11.7 Å². The Bertz CT molecular complexity index is 1210. The summed E-state index contributed by atoms with van der Waals surface area (Å²) in [6, 6.07) is 1.01. The number of carbonyl (C=O) groups excluding carboxylic acids is 3. The number of primary amides is 1. The Balaban J connectivity index is 1.87. The molecule has 2 unspecified atom stereocenters. The van der Waals surface area contributed by atoms with Gasteiger partial charge in [-0.25, -0.2) is 0 Å². The smallest absolute Gasteiger partial charge is 0.230 e. The quantitative estimate of drug-likeness (QED) is 0.274. The first-order valence-electron chi connectivity index (χ1n) is 13.2. The van der Waals surface area contributed by atoms with Gasteiger partial charge in [0, 0.05) is 29.6 Å². The van der Waals surface area contributed by atoms with Crippen LogP contribution in [0.15, 0.2) is 11.6 Å². The number of Topliss-reactive ketones (excluding diaryl/α,β-unsaturated/α-hetero) is 2. The highest BCUT2D eigenvalue weighted by Crippen LogP contribution is 2.53. The number of carbonyl (C=O) groups is 3. The second-order valence-electron chi connectivity index (χ2n) is 11.6. The molecule has 10 nitrogen and oxygen atoms in total. The lowest BCUT2D eigenvalue weighted by atomic mass is 9.54. The molecule has 0 heterocycles. The summed E-state index contributed by atoms with van der Waals surface area (Å²) in [5.74, 6) is -6.85. The maximum Gasteiger partial charge on any atom is 0.230 e. The van der Waals surface area contributed by atoms with E-state index in [-0.39, 0.29) is 23.3 Å². The number of nitrogens with one attached hydrogen (secondary N) is 1. The lowest BCUT2D eigenvalue weighted by Crippen LogP contribution is -2.73. The fourth-order valence-corrected chi connectivity index (χ4v) is 6.76. The van der Waals surface area contributed by atoms with Gasteiger partial charge in [0.2, 0.25) is 11.7 Å². The van der Waals surface area contributed by atoms with Gasteiger partial charge in [0.15, 0.2) is 11.4 Å². The molecule has 208 valence electrons. The Morgan fingerprint density at radius 1 is 1.24 bits per heavy atom. The molecule has 4 rings (SSSR count). The number of aryl methyl sites for hydroxylation is 1. The van der Waals surface area contributed by atoms with Crippen LogP contribution in [0, 0.1) is 23.7 Å². The van der Waals surface area contributed by atoms with Crippen molar-refractivity contribution in [1.82, 2.24) is 10.2 Å². The Morgan fingerprint density at radius 2 is 1.89 bits per heavy atom. The minimum Gasteiger partial charge on any atom is -0.507 e. The van der Waals surface area contributed by atoms with E-state index < -0.39 is 58.7 Å². The van der Waals surface area contributed by atoms with E-state index in [9.17, 15) is 34.8 Å². The average molecular weight is 530 g/mol. The molecule has 2 saturated carbocycles. The number of nitrogens with zero attached hydrogens (tertiary/aromatic N) is 1. The van der Waals surface area contributed by atoms with Crippen LogP contribution >= 0.6 is 0 Å². The zero-order chi connectivity index (χ0) is 28.3. The normalized spacial score (nSPS) is 30.9. The van der Waals surface area contributed by atoms with Gasteiger partial charge in [-0.3, -0.25) is 14.4 Å². The van der Waals surface area contributed by atoms with Gasteiger partial charge in [-0.15, -0.1) is 0 Å². The molecule has 1 aromatic carbocycles. The van der Waals surface area contributed by atoms with E-state index in [1.54, 1.807) is 19.0 Å². The number of benzene rings is 1. The van der Waals surface area contributed by atoms with Crippen molar-refractivity contribution < 1.29 is 34.8 Å². The fraction of sp³-hybridized carbons (Fsp3) is 0.607. The Kier molecular flexibility index (Phi) is 7.48. The molecule has 0 aromatic heterocycles. The van der Waals surface area contributed by atoms with E-state index >= 15 is 0 Å². The number of hydrogen-bond acceptors (Lipinski definition) is 9. The minimum atomic E-state index is -2.65. The molecule has 0 spiro atoms. The summed E-state index contributed by atoms with van der Waals surface area (Å²) >= 11 is 0. The third-order valence-electron chi connectivity index (χ3n) is 8.51. The summed E-state index contributed by atoms with van der Waals surface area (Å²) in [7, 11) is 3.27. The van der Waals surface area contributed by atoms with Crippen molar-refractivity contribution in [1.29, 1.82) is 0 Å². The van der Waals surface area contributed by atoms with Gasteiger partial charge in [-0.05, 0) is 62.9 Å². The predicted octanol–water partition coefficient (Wildman–Crippen LogP) is 0.437. The van der Waals surface area contributed by atoms with Crippen molar-refractivity contribution in [2.75, 3.05) is 20.6 Å². The zero-order valence-corrected chi connectivity index (χ0v) is 22.6. The number of rotatable bonds is 7. The number of fused-ring (bicyclic) bond motifs is 3. The maximum absolute atomic E-state index is 14.0. The van der Waals surface area contributed by atoms with Crippen molar-refractivity contribution in [3.8, 4) is 5.75 Å². The van der Waals surface area contributed by atoms with Gasteiger partial charge in [-0.2, -0.15) is 0 Å². The van der Waals surface area contributed by atoms with Crippen LogP contribution in [0.3, 0.4) is 0 Å². The summed E-state index contributed by atoms with van der Waals surface area (Å²) in [5.41, 5.74) is 5.01. The first-order chi connectivity index (χ1) is 17.8. The number of aliphatic hydroxyl groups excluding tert-OH is 2. The van der Waals surface area contributed by atoms with Gasteiger partial charge in [0.25, 0.3) is 0 Å². The molecule has 7 N–H and O–H groups in total. The van der Waals surface area contributed by atoms with Crippen LogP contribution in [-0.4, -0.2) is 81.2 Å². The number of phenols is 1.